The molecule has 0 heterocycles. The molecule has 2 aromatic rings. The minimum absolute atomic E-state index is 0.120. The van der Waals surface area contributed by atoms with Crippen LogP contribution in [0.2, 0.25) is 0 Å². The van der Waals surface area contributed by atoms with Crippen molar-refractivity contribution < 1.29 is 22.8 Å². The van der Waals surface area contributed by atoms with Crippen LogP contribution in [-0.4, -0.2) is 11.8 Å². The Bertz CT molecular complexity index is 725. The number of nitrogens with two attached hydrogens (primary N) is 1. The highest BCUT2D eigenvalue weighted by molar-refractivity contribution is 6.03. The second kappa shape index (κ2) is 6.51. The summed E-state index contributed by atoms with van der Waals surface area (Å²) >= 11 is 0. The number of hydrogen-bond acceptors (Lipinski definition) is 2. The van der Waals surface area contributed by atoms with Gasteiger partial charge in [-0.3, -0.25) is 9.59 Å². The predicted molar refractivity (Wildman–Crippen MR) is 78.7 cm³/mol. The summed E-state index contributed by atoms with van der Waals surface area (Å²) in [6, 6.07) is 10.5. The van der Waals surface area contributed by atoms with Crippen LogP contribution in [-0.2, 0) is 17.4 Å². The number of anilines is 1. The number of rotatable bonds is 4. The molecule has 0 aliphatic heterocycles. The molecule has 0 aromatic heterocycles. The number of carbonyl (C=O) groups is 2. The number of amides is 2. The summed E-state index contributed by atoms with van der Waals surface area (Å²) in [5.41, 5.74) is 5.27. The van der Waals surface area contributed by atoms with E-state index in [1.54, 1.807) is 12.1 Å². The zero-order valence-corrected chi connectivity index (χ0v) is 11.9. The van der Waals surface area contributed by atoms with Gasteiger partial charge in [-0.2, -0.15) is 13.2 Å². The van der Waals surface area contributed by atoms with Crippen LogP contribution in [0.5, 0.6) is 0 Å². The van der Waals surface area contributed by atoms with Crippen LogP contribution in [0.25, 0.3) is 0 Å². The van der Waals surface area contributed by atoms with Gasteiger partial charge in [-0.25, -0.2) is 0 Å². The standard InChI is InChI=1S/C16H13F3N2O2/c17-16(18,19)11-7-5-10(6-8-11)9-14(22)21-13-4-2-1-3-12(13)15(20)23/h1-8H,9H2,(H2,20,23)(H,21,22). The molecule has 2 rings (SSSR count). The average Bonchev–Trinajstić information content (AvgIpc) is 2.47. The van der Waals surface area contributed by atoms with Crippen molar-refractivity contribution >= 4 is 17.5 Å². The first-order valence-electron chi connectivity index (χ1n) is 6.62. The summed E-state index contributed by atoms with van der Waals surface area (Å²) in [4.78, 5) is 23.2. The SMILES string of the molecule is NC(=O)c1ccccc1NC(=O)Cc1ccc(C(F)(F)F)cc1. The van der Waals surface area contributed by atoms with Gasteiger partial charge in [0.15, 0.2) is 0 Å². The van der Waals surface area contributed by atoms with E-state index in [-0.39, 0.29) is 17.7 Å². The Morgan fingerprint density at radius 1 is 1.00 bits per heavy atom. The van der Waals surface area contributed by atoms with E-state index in [1.165, 1.54) is 24.3 Å². The first-order chi connectivity index (χ1) is 10.8. The van der Waals surface area contributed by atoms with Gasteiger partial charge < -0.3 is 11.1 Å². The van der Waals surface area contributed by atoms with Gasteiger partial charge in [-0.05, 0) is 29.8 Å². The zero-order valence-electron chi connectivity index (χ0n) is 11.9. The second-order valence-electron chi connectivity index (χ2n) is 4.83. The lowest BCUT2D eigenvalue weighted by Crippen LogP contribution is -2.19. The van der Waals surface area contributed by atoms with Crippen molar-refractivity contribution in [1.82, 2.24) is 0 Å². The summed E-state index contributed by atoms with van der Waals surface area (Å²) in [5.74, 6) is -1.14. The fraction of sp³-hybridized carbons (Fsp3) is 0.125. The molecule has 0 unspecified atom stereocenters. The van der Waals surface area contributed by atoms with E-state index >= 15 is 0 Å². The molecule has 4 nitrogen and oxygen atoms in total. The Balaban J connectivity index is 2.07. The Morgan fingerprint density at radius 3 is 2.17 bits per heavy atom. The maximum absolute atomic E-state index is 12.5. The van der Waals surface area contributed by atoms with E-state index in [2.05, 4.69) is 5.32 Å². The van der Waals surface area contributed by atoms with E-state index in [9.17, 15) is 22.8 Å². The van der Waals surface area contributed by atoms with Gasteiger partial charge in [0.05, 0.1) is 23.2 Å². The molecule has 0 atom stereocenters. The van der Waals surface area contributed by atoms with E-state index in [1.807, 2.05) is 0 Å². The molecule has 120 valence electrons. The molecule has 2 amide bonds. The maximum atomic E-state index is 12.5. The lowest BCUT2D eigenvalue weighted by molar-refractivity contribution is -0.137. The van der Waals surface area contributed by atoms with Crippen LogP contribution in [0.4, 0.5) is 18.9 Å². The molecular formula is C16H13F3N2O2. The monoisotopic (exact) mass is 322 g/mol. The molecule has 0 fully saturated rings. The van der Waals surface area contributed by atoms with Crippen LogP contribution < -0.4 is 11.1 Å². The van der Waals surface area contributed by atoms with E-state index in [0.717, 1.165) is 12.1 Å². The fourth-order valence-electron chi connectivity index (χ4n) is 2.00. The largest absolute Gasteiger partial charge is 0.416 e. The third kappa shape index (κ3) is 4.32. The van der Waals surface area contributed by atoms with E-state index in [4.69, 9.17) is 5.73 Å². The van der Waals surface area contributed by atoms with Crippen molar-refractivity contribution in [1.29, 1.82) is 0 Å². The molecule has 2 aromatic carbocycles. The molecule has 0 radical (unpaired) electrons. The van der Waals surface area contributed by atoms with Crippen LogP contribution in [0, 0.1) is 0 Å². The molecule has 0 saturated carbocycles. The number of para-hydroxylation sites is 1. The second-order valence-corrected chi connectivity index (χ2v) is 4.83. The summed E-state index contributed by atoms with van der Waals surface area (Å²) in [6.07, 6.45) is -4.54. The van der Waals surface area contributed by atoms with Gasteiger partial charge in [0.2, 0.25) is 5.91 Å². The number of carbonyl (C=O) groups excluding carboxylic acids is 2. The van der Waals surface area contributed by atoms with Gasteiger partial charge in [0.25, 0.3) is 5.91 Å². The van der Waals surface area contributed by atoms with Crippen LogP contribution in [0.1, 0.15) is 21.5 Å². The van der Waals surface area contributed by atoms with Gasteiger partial charge in [-0.15, -0.1) is 0 Å². The first-order valence-corrected chi connectivity index (χ1v) is 6.62. The number of halogens is 3. The number of benzene rings is 2. The van der Waals surface area contributed by atoms with Crippen molar-refractivity contribution in [3.8, 4) is 0 Å². The predicted octanol–water partition coefficient (Wildman–Crippen LogP) is 2.99. The summed E-state index contributed by atoms with van der Waals surface area (Å²) < 4.78 is 37.4. The van der Waals surface area contributed by atoms with Crippen LogP contribution >= 0.6 is 0 Å². The Kier molecular flexibility index (Phi) is 4.68. The normalized spacial score (nSPS) is 11.1. The van der Waals surface area contributed by atoms with E-state index < -0.39 is 23.6 Å². The lowest BCUT2D eigenvalue weighted by Gasteiger charge is -2.10. The Morgan fingerprint density at radius 2 is 1.61 bits per heavy atom. The third-order valence-electron chi connectivity index (χ3n) is 3.11. The van der Waals surface area contributed by atoms with Crippen molar-refractivity contribution in [2.75, 3.05) is 5.32 Å². The molecule has 23 heavy (non-hydrogen) atoms. The van der Waals surface area contributed by atoms with Crippen LogP contribution in [0.15, 0.2) is 48.5 Å². The summed E-state index contributed by atoms with van der Waals surface area (Å²) in [5, 5.41) is 2.52. The van der Waals surface area contributed by atoms with Gasteiger partial charge in [0.1, 0.15) is 0 Å². The topological polar surface area (TPSA) is 72.2 Å². The average molecular weight is 322 g/mol. The first kappa shape index (κ1) is 16.5. The molecular weight excluding hydrogens is 309 g/mol. The number of hydrogen-bond donors (Lipinski definition) is 2. The fourth-order valence-corrected chi connectivity index (χ4v) is 2.00. The molecule has 7 heteroatoms. The Labute approximate surface area is 130 Å². The highest BCUT2D eigenvalue weighted by Gasteiger charge is 2.29. The van der Waals surface area contributed by atoms with Crippen LogP contribution in [0.3, 0.4) is 0 Å². The number of alkyl halides is 3. The smallest absolute Gasteiger partial charge is 0.366 e. The quantitative estimate of drug-likeness (QED) is 0.908. The molecule has 0 spiro atoms. The highest BCUT2D eigenvalue weighted by atomic mass is 19.4. The van der Waals surface area contributed by atoms with Crippen molar-refractivity contribution in [3.63, 3.8) is 0 Å². The molecule has 3 N–H and O–H groups in total. The van der Waals surface area contributed by atoms with Crippen molar-refractivity contribution in [2.24, 2.45) is 5.73 Å². The molecule has 0 aliphatic carbocycles. The van der Waals surface area contributed by atoms with Crippen molar-refractivity contribution in [3.05, 3.63) is 65.2 Å². The van der Waals surface area contributed by atoms with Crippen molar-refractivity contribution in [2.45, 2.75) is 12.6 Å². The van der Waals surface area contributed by atoms with Gasteiger partial charge in [-0.1, -0.05) is 24.3 Å². The van der Waals surface area contributed by atoms with Gasteiger partial charge in [0, 0.05) is 0 Å². The third-order valence-corrected chi connectivity index (χ3v) is 3.11. The molecule has 0 bridgehead atoms. The van der Waals surface area contributed by atoms with E-state index in [0.29, 0.717) is 5.56 Å². The lowest BCUT2D eigenvalue weighted by atomic mass is 10.1. The van der Waals surface area contributed by atoms with Gasteiger partial charge >= 0.3 is 6.18 Å². The molecule has 0 aliphatic rings. The maximum Gasteiger partial charge on any atom is 0.416 e. The minimum Gasteiger partial charge on any atom is -0.366 e. The molecule has 0 saturated heterocycles. The minimum atomic E-state index is -4.42. The Hall–Kier alpha value is -2.83. The number of nitrogens with one attached hydrogen (secondary N) is 1. The summed E-state index contributed by atoms with van der Waals surface area (Å²) in [6.45, 7) is 0. The zero-order chi connectivity index (χ0) is 17.0. The summed E-state index contributed by atoms with van der Waals surface area (Å²) in [7, 11) is 0. The highest BCUT2D eigenvalue weighted by Crippen LogP contribution is 2.29. The number of primary amides is 1.